The van der Waals surface area contributed by atoms with E-state index in [1.807, 2.05) is 42.8 Å². The monoisotopic (exact) mass is 286 g/mol. The molecule has 2 aromatic rings. The highest BCUT2D eigenvalue weighted by Gasteiger charge is 2.11. The predicted molar refractivity (Wildman–Crippen MR) is 83.7 cm³/mol. The van der Waals surface area contributed by atoms with Crippen molar-refractivity contribution in [2.24, 2.45) is 5.92 Å². The van der Waals surface area contributed by atoms with Crippen LogP contribution in [0.15, 0.2) is 30.5 Å². The number of hydrogen-bond donors (Lipinski definition) is 0. The summed E-state index contributed by atoms with van der Waals surface area (Å²) < 4.78 is 7.46. The lowest BCUT2D eigenvalue weighted by Gasteiger charge is -2.09. The Bertz CT molecular complexity index is 598. The Balaban J connectivity index is 2.28. The van der Waals surface area contributed by atoms with Crippen LogP contribution >= 0.6 is 0 Å². The molecule has 0 saturated heterocycles. The predicted octanol–water partition coefficient (Wildman–Crippen LogP) is 3.81. The van der Waals surface area contributed by atoms with E-state index >= 15 is 0 Å². The standard InChI is InChI=1S/C17H22N2O2/c1-12(2)9-19-10-15(11-20)17(18-19)14-5-7-16(8-6-14)21-13(3)4/h5-8,10-13H,9H2,1-4H3. The molecule has 0 unspecified atom stereocenters. The normalized spacial score (nSPS) is 11.1. The van der Waals surface area contributed by atoms with Crippen LogP contribution in [0.5, 0.6) is 5.75 Å². The molecule has 112 valence electrons. The van der Waals surface area contributed by atoms with Crippen LogP contribution in [0.25, 0.3) is 11.3 Å². The number of rotatable bonds is 6. The maximum Gasteiger partial charge on any atom is 0.153 e. The van der Waals surface area contributed by atoms with E-state index in [0.717, 1.165) is 29.8 Å². The van der Waals surface area contributed by atoms with Crippen molar-refractivity contribution in [3.05, 3.63) is 36.0 Å². The third-order valence-corrected chi connectivity index (χ3v) is 2.97. The van der Waals surface area contributed by atoms with E-state index in [9.17, 15) is 4.79 Å². The summed E-state index contributed by atoms with van der Waals surface area (Å²) >= 11 is 0. The van der Waals surface area contributed by atoms with E-state index in [4.69, 9.17) is 4.74 Å². The van der Waals surface area contributed by atoms with Gasteiger partial charge in [0.2, 0.25) is 0 Å². The Morgan fingerprint density at radius 3 is 2.38 bits per heavy atom. The van der Waals surface area contributed by atoms with Crippen LogP contribution < -0.4 is 4.74 Å². The van der Waals surface area contributed by atoms with Gasteiger partial charge in [-0.05, 0) is 44.0 Å². The fourth-order valence-electron chi connectivity index (χ4n) is 2.18. The van der Waals surface area contributed by atoms with Gasteiger partial charge in [0, 0.05) is 18.3 Å². The summed E-state index contributed by atoms with van der Waals surface area (Å²) in [6.45, 7) is 9.04. The van der Waals surface area contributed by atoms with Gasteiger partial charge in [0.15, 0.2) is 6.29 Å². The van der Waals surface area contributed by atoms with Gasteiger partial charge >= 0.3 is 0 Å². The average molecular weight is 286 g/mol. The minimum absolute atomic E-state index is 0.145. The highest BCUT2D eigenvalue weighted by atomic mass is 16.5. The highest BCUT2D eigenvalue weighted by Crippen LogP contribution is 2.24. The van der Waals surface area contributed by atoms with Gasteiger partial charge in [0.05, 0.1) is 11.7 Å². The largest absolute Gasteiger partial charge is 0.491 e. The zero-order valence-corrected chi connectivity index (χ0v) is 13.0. The molecule has 0 bridgehead atoms. The van der Waals surface area contributed by atoms with Crippen molar-refractivity contribution in [1.29, 1.82) is 0 Å². The summed E-state index contributed by atoms with van der Waals surface area (Å²) in [7, 11) is 0. The van der Waals surface area contributed by atoms with Gasteiger partial charge in [-0.15, -0.1) is 0 Å². The number of carbonyl (C=O) groups is 1. The van der Waals surface area contributed by atoms with Gasteiger partial charge in [0.25, 0.3) is 0 Å². The molecule has 0 saturated carbocycles. The molecule has 1 aromatic carbocycles. The fraction of sp³-hybridized carbons (Fsp3) is 0.412. The van der Waals surface area contributed by atoms with Crippen LogP contribution in [0.1, 0.15) is 38.1 Å². The zero-order chi connectivity index (χ0) is 15.4. The van der Waals surface area contributed by atoms with Crippen LogP contribution in [0, 0.1) is 5.92 Å². The van der Waals surface area contributed by atoms with E-state index in [1.54, 1.807) is 6.20 Å². The Kier molecular flexibility index (Phi) is 4.78. The SMILES string of the molecule is CC(C)Cn1cc(C=O)c(-c2ccc(OC(C)C)cc2)n1. The first-order chi connectivity index (χ1) is 9.99. The molecule has 1 aromatic heterocycles. The molecule has 21 heavy (non-hydrogen) atoms. The van der Waals surface area contributed by atoms with Gasteiger partial charge < -0.3 is 4.74 Å². The van der Waals surface area contributed by atoms with E-state index in [2.05, 4.69) is 18.9 Å². The Hall–Kier alpha value is -2.10. The molecule has 0 aliphatic carbocycles. The van der Waals surface area contributed by atoms with Crippen molar-refractivity contribution in [2.45, 2.75) is 40.3 Å². The summed E-state index contributed by atoms with van der Waals surface area (Å²) in [5, 5.41) is 4.53. The summed E-state index contributed by atoms with van der Waals surface area (Å²) in [5.74, 6) is 1.31. The molecule has 1 heterocycles. The van der Waals surface area contributed by atoms with Crippen molar-refractivity contribution in [3.8, 4) is 17.0 Å². The lowest BCUT2D eigenvalue weighted by molar-refractivity contribution is 0.112. The van der Waals surface area contributed by atoms with Gasteiger partial charge in [-0.2, -0.15) is 5.10 Å². The van der Waals surface area contributed by atoms with E-state index in [-0.39, 0.29) is 6.10 Å². The molecule has 4 nitrogen and oxygen atoms in total. The van der Waals surface area contributed by atoms with E-state index in [1.165, 1.54) is 0 Å². The number of hydrogen-bond acceptors (Lipinski definition) is 3. The highest BCUT2D eigenvalue weighted by molar-refractivity contribution is 5.85. The first-order valence-electron chi connectivity index (χ1n) is 7.29. The maximum atomic E-state index is 11.2. The summed E-state index contributed by atoms with van der Waals surface area (Å²) in [6, 6.07) is 7.69. The Morgan fingerprint density at radius 1 is 1.19 bits per heavy atom. The number of carbonyl (C=O) groups excluding carboxylic acids is 1. The Labute approximate surface area is 125 Å². The fourth-order valence-corrected chi connectivity index (χ4v) is 2.18. The topological polar surface area (TPSA) is 44.1 Å². The minimum Gasteiger partial charge on any atom is -0.491 e. The first-order valence-corrected chi connectivity index (χ1v) is 7.29. The first kappa shape index (κ1) is 15.3. The molecule has 0 radical (unpaired) electrons. The van der Waals surface area contributed by atoms with Crippen LogP contribution in [0.4, 0.5) is 0 Å². The van der Waals surface area contributed by atoms with Gasteiger partial charge in [-0.3, -0.25) is 9.48 Å². The van der Waals surface area contributed by atoms with Crippen LogP contribution in [-0.2, 0) is 6.54 Å². The van der Waals surface area contributed by atoms with Crippen molar-refractivity contribution >= 4 is 6.29 Å². The molecule has 0 N–H and O–H groups in total. The lowest BCUT2D eigenvalue weighted by atomic mass is 10.1. The number of aromatic nitrogens is 2. The summed E-state index contributed by atoms with van der Waals surface area (Å²) in [5.41, 5.74) is 2.27. The molecule has 0 fully saturated rings. The quantitative estimate of drug-likeness (QED) is 0.759. The van der Waals surface area contributed by atoms with Crippen molar-refractivity contribution < 1.29 is 9.53 Å². The minimum atomic E-state index is 0.145. The third kappa shape index (κ3) is 3.94. The van der Waals surface area contributed by atoms with Gasteiger partial charge in [-0.1, -0.05) is 13.8 Å². The van der Waals surface area contributed by atoms with Gasteiger partial charge in [-0.25, -0.2) is 0 Å². The molecular weight excluding hydrogens is 264 g/mol. The van der Waals surface area contributed by atoms with Crippen LogP contribution in [0.3, 0.4) is 0 Å². The molecule has 0 spiro atoms. The number of benzene rings is 1. The van der Waals surface area contributed by atoms with Crippen LogP contribution in [0.2, 0.25) is 0 Å². The maximum absolute atomic E-state index is 11.2. The summed E-state index contributed by atoms with van der Waals surface area (Å²) in [4.78, 5) is 11.2. The second-order valence-corrected chi connectivity index (χ2v) is 5.86. The number of ether oxygens (including phenoxy) is 1. The van der Waals surface area contributed by atoms with E-state index in [0.29, 0.717) is 11.5 Å². The number of nitrogens with zero attached hydrogens (tertiary/aromatic N) is 2. The van der Waals surface area contributed by atoms with Crippen molar-refractivity contribution in [2.75, 3.05) is 0 Å². The molecule has 0 amide bonds. The molecule has 2 rings (SSSR count). The average Bonchev–Trinajstić information content (AvgIpc) is 2.81. The third-order valence-electron chi connectivity index (χ3n) is 2.97. The Morgan fingerprint density at radius 2 is 1.86 bits per heavy atom. The van der Waals surface area contributed by atoms with Crippen molar-refractivity contribution in [3.63, 3.8) is 0 Å². The molecule has 0 atom stereocenters. The molecule has 4 heteroatoms. The second-order valence-electron chi connectivity index (χ2n) is 5.86. The summed E-state index contributed by atoms with van der Waals surface area (Å²) in [6.07, 6.45) is 2.81. The smallest absolute Gasteiger partial charge is 0.153 e. The lowest BCUT2D eigenvalue weighted by Crippen LogP contribution is -2.05. The zero-order valence-electron chi connectivity index (χ0n) is 13.0. The second kappa shape index (κ2) is 6.57. The van der Waals surface area contributed by atoms with Crippen molar-refractivity contribution in [1.82, 2.24) is 9.78 Å². The molecular formula is C17H22N2O2. The number of aldehydes is 1. The van der Waals surface area contributed by atoms with Crippen LogP contribution in [-0.4, -0.2) is 22.2 Å². The van der Waals surface area contributed by atoms with Gasteiger partial charge in [0.1, 0.15) is 11.4 Å². The molecule has 0 aliphatic rings. The van der Waals surface area contributed by atoms with E-state index < -0.39 is 0 Å². The molecule has 0 aliphatic heterocycles.